The van der Waals surface area contributed by atoms with E-state index in [-0.39, 0.29) is 50.5 Å². The average Bonchev–Trinajstić information content (AvgIpc) is 3.12. The number of carbonyl (C=O) groups is 1. The molecule has 0 unspecified atom stereocenters. The van der Waals surface area contributed by atoms with Crippen LogP contribution in [0.15, 0.2) is 5.16 Å². The maximum Gasteiger partial charge on any atom is 0.311 e. The molecule has 3 aliphatic rings. The first-order chi connectivity index (χ1) is 26.4. The van der Waals surface area contributed by atoms with Crippen LogP contribution in [0.2, 0.25) is 0 Å². The van der Waals surface area contributed by atoms with Gasteiger partial charge in [-0.25, -0.2) is 0 Å². The fourth-order valence-corrected chi connectivity index (χ4v) is 8.74. The van der Waals surface area contributed by atoms with Gasteiger partial charge in [-0.2, -0.15) is 0 Å². The lowest BCUT2D eigenvalue weighted by molar-refractivity contribution is -0.316. The Morgan fingerprint density at radius 3 is 2.11 bits per heavy atom. The molecule has 0 aromatic rings. The first-order valence-electron chi connectivity index (χ1n) is 20.4. The van der Waals surface area contributed by atoms with Crippen LogP contribution >= 0.6 is 0 Å². The molecule has 3 fully saturated rings. The summed E-state index contributed by atoms with van der Waals surface area (Å²) in [6.07, 6.45) is -10.5. The van der Waals surface area contributed by atoms with Gasteiger partial charge in [-0.1, -0.05) is 32.9 Å². The molecule has 17 heteroatoms. The largest absolute Gasteiger partial charge is 0.459 e. The second kappa shape index (κ2) is 20.8. The zero-order chi connectivity index (χ0) is 43.2. The van der Waals surface area contributed by atoms with Gasteiger partial charge in [0.05, 0.1) is 66.6 Å². The van der Waals surface area contributed by atoms with Crippen molar-refractivity contribution in [1.29, 1.82) is 0 Å². The Balaban J connectivity index is 2.21. The van der Waals surface area contributed by atoms with Crippen LogP contribution in [-0.2, 0) is 42.8 Å². The van der Waals surface area contributed by atoms with E-state index in [0.29, 0.717) is 13.0 Å². The van der Waals surface area contributed by atoms with E-state index >= 15 is 0 Å². The molecule has 334 valence electrons. The summed E-state index contributed by atoms with van der Waals surface area (Å²) in [5.74, 6) is -4.28. The fourth-order valence-electron chi connectivity index (χ4n) is 8.74. The Kier molecular flexibility index (Phi) is 18.2. The SMILES string of the molecule is CC[C@H]1OC(=O)[C@H](C)[C@@H](O[C@H]2C[C@](C)(O)[C@@H](O)[C@@H](C)O2)[C@H](C)[C@@H](O[C@@H]2O[C@@H](C)C[C@@H](N(C)C)[C@@H]2O)[C@@](C)(O)C[C@@H](C)/C(=N\OCOCCOC)[C@H](C)[C@@H](O)[C@]1(C)O. The van der Waals surface area contributed by atoms with E-state index in [1.807, 2.05) is 25.9 Å². The van der Waals surface area contributed by atoms with Crippen LogP contribution in [0.1, 0.15) is 94.9 Å². The molecule has 3 heterocycles. The zero-order valence-electron chi connectivity index (χ0n) is 36.4. The van der Waals surface area contributed by atoms with Gasteiger partial charge >= 0.3 is 5.97 Å². The van der Waals surface area contributed by atoms with E-state index in [0.717, 1.165) is 0 Å². The van der Waals surface area contributed by atoms with Gasteiger partial charge in [0.2, 0.25) is 6.79 Å². The number of esters is 1. The molecule has 0 radical (unpaired) electrons. The van der Waals surface area contributed by atoms with Gasteiger partial charge in [-0.3, -0.25) is 4.79 Å². The molecule has 18 atom stereocenters. The Morgan fingerprint density at radius 1 is 0.877 bits per heavy atom. The van der Waals surface area contributed by atoms with Crippen LogP contribution in [0, 0.1) is 23.7 Å². The summed E-state index contributed by atoms with van der Waals surface area (Å²) in [7, 11) is 5.24. The third-order valence-corrected chi connectivity index (χ3v) is 12.1. The number of aliphatic hydroxyl groups is 6. The molecule has 0 aromatic heterocycles. The Morgan fingerprint density at radius 2 is 1.53 bits per heavy atom. The van der Waals surface area contributed by atoms with Crippen molar-refractivity contribution in [3.63, 3.8) is 0 Å². The van der Waals surface area contributed by atoms with Crippen LogP contribution in [0.4, 0.5) is 0 Å². The molecule has 3 rings (SSSR count). The van der Waals surface area contributed by atoms with Crippen molar-refractivity contribution in [1.82, 2.24) is 4.90 Å². The molecule has 6 N–H and O–H groups in total. The van der Waals surface area contributed by atoms with Crippen molar-refractivity contribution < 1.29 is 73.4 Å². The normalized spacial score (nSPS) is 46.4. The van der Waals surface area contributed by atoms with E-state index in [1.54, 1.807) is 48.5 Å². The molecule has 0 aliphatic carbocycles. The van der Waals surface area contributed by atoms with Gasteiger partial charge < -0.3 is 73.5 Å². The third kappa shape index (κ3) is 12.3. The molecule has 0 bridgehead atoms. The number of likely N-dealkylation sites (N-methyl/N-ethyl adjacent to an activating group) is 1. The van der Waals surface area contributed by atoms with Gasteiger partial charge in [0.1, 0.15) is 23.9 Å². The van der Waals surface area contributed by atoms with Gasteiger partial charge in [-0.15, -0.1) is 0 Å². The summed E-state index contributed by atoms with van der Waals surface area (Å²) in [4.78, 5) is 21.7. The molecule has 17 nitrogen and oxygen atoms in total. The van der Waals surface area contributed by atoms with Crippen LogP contribution < -0.4 is 0 Å². The van der Waals surface area contributed by atoms with Crippen molar-refractivity contribution in [2.45, 2.75) is 179 Å². The molecule has 0 amide bonds. The Bertz CT molecular complexity index is 1280. The van der Waals surface area contributed by atoms with Gasteiger partial charge in [0.15, 0.2) is 12.6 Å². The van der Waals surface area contributed by atoms with E-state index in [2.05, 4.69) is 5.16 Å². The summed E-state index contributed by atoms with van der Waals surface area (Å²) in [6.45, 7) is 16.7. The summed E-state index contributed by atoms with van der Waals surface area (Å²) in [6, 6.07) is -0.341. The summed E-state index contributed by atoms with van der Waals surface area (Å²) >= 11 is 0. The molecule has 3 saturated heterocycles. The smallest absolute Gasteiger partial charge is 0.311 e. The highest BCUT2D eigenvalue weighted by molar-refractivity contribution is 5.88. The minimum Gasteiger partial charge on any atom is -0.459 e. The highest BCUT2D eigenvalue weighted by Gasteiger charge is 2.53. The standard InChI is InChI=1S/C40H74N2O15/c1-14-28-40(10,49)33(44)23(4)30(41-52-20-51-16-15-50-13)21(2)18-39(9,48)35(57-37-31(43)27(42(11)12)17-22(3)53-37)24(5)32(25(6)36(46)55-28)56-29-19-38(8,47)34(45)26(7)54-29/h21-29,31-35,37,43-45,47-49H,14-20H2,1-13H3/b41-30+/t21-,22+,23+,24+,25-,26-,27-,28-,29+,31+,32+,33-,34+,35-,37+,38+,39+,40-/m1/s1. The van der Waals surface area contributed by atoms with E-state index in [4.69, 9.17) is 38.0 Å². The average molecular weight is 823 g/mol. The number of hydrogen-bond acceptors (Lipinski definition) is 17. The highest BCUT2D eigenvalue weighted by Crippen LogP contribution is 2.40. The lowest BCUT2D eigenvalue weighted by Crippen LogP contribution is -2.61. The monoisotopic (exact) mass is 823 g/mol. The van der Waals surface area contributed by atoms with Crippen molar-refractivity contribution in [2.75, 3.05) is 41.2 Å². The van der Waals surface area contributed by atoms with Crippen LogP contribution in [0.25, 0.3) is 0 Å². The molecular formula is C40H74N2O15. The van der Waals surface area contributed by atoms with Crippen LogP contribution in [-0.4, -0.2) is 173 Å². The zero-order valence-corrected chi connectivity index (χ0v) is 36.4. The first-order valence-corrected chi connectivity index (χ1v) is 20.4. The maximum absolute atomic E-state index is 14.2. The van der Waals surface area contributed by atoms with Gasteiger partial charge in [-0.05, 0) is 74.9 Å². The van der Waals surface area contributed by atoms with Gasteiger partial charge in [0, 0.05) is 37.3 Å². The molecule has 0 aromatic carbocycles. The van der Waals surface area contributed by atoms with Crippen molar-refractivity contribution >= 4 is 11.7 Å². The highest BCUT2D eigenvalue weighted by atomic mass is 16.7. The summed E-state index contributed by atoms with van der Waals surface area (Å²) in [5, 5.41) is 74.2. The van der Waals surface area contributed by atoms with Crippen molar-refractivity contribution in [3.05, 3.63) is 0 Å². The molecule has 3 aliphatic heterocycles. The van der Waals surface area contributed by atoms with E-state index in [1.165, 1.54) is 21.0 Å². The van der Waals surface area contributed by atoms with Gasteiger partial charge in [0.25, 0.3) is 0 Å². The number of hydrogen-bond donors (Lipinski definition) is 6. The Labute approximate surface area is 338 Å². The molecule has 57 heavy (non-hydrogen) atoms. The predicted molar refractivity (Wildman–Crippen MR) is 208 cm³/mol. The topological polar surface area (TPSA) is 228 Å². The summed E-state index contributed by atoms with van der Waals surface area (Å²) in [5.41, 5.74) is -5.09. The lowest BCUT2D eigenvalue weighted by Gasteiger charge is -2.48. The number of rotatable bonds is 12. The molecular weight excluding hydrogens is 748 g/mol. The quantitative estimate of drug-likeness (QED) is 0.0711. The third-order valence-electron chi connectivity index (χ3n) is 12.1. The number of carbonyl (C=O) groups excluding carboxylic acids is 1. The molecule has 0 spiro atoms. The minimum absolute atomic E-state index is 0.0516. The second-order valence-corrected chi connectivity index (χ2v) is 17.6. The number of methoxy groups -OCH3 is 1. The summed E-state index contributed by atoms with van der Waals surface area (Å²) < 4.78 is 42.0. The molecule has 0 saturated carbocycles. The second-order valence-electron chi connectivity index (χ2n) is 17.6. The van der Waals surface area contributed by atoms with Crippen molar-refractivity contribution in [3.8, 4) is 0 Å². The maximum atomic E-state index is 14.2. The predicted octanol–water partition coefficient (Wildman–Crippen LogP) is 1.56. The van der Waals surface area contributed by atoms with E-state index < -0.39 is 102 Å². The van der Waals surface area contributed by atoms with Crippen LogP contribution in [0.5, 0.6) is 0 Å². The number of oxime groups is 1. The van der Waals surface area contributed by atoms with Crippen molar-refractivity contribution in [2.24, 2.45) is 28.8 Å². The minimum atomic E-state index is -1.98. The lowest BCUT2D eigenvalue weighted by atomic mass is 9.73. The Hall–Kier alpha value is -1.58. The number of ether oxygens (including phenoxy) is 7. The number of nitrogens with zero attached hydrogens (tertiary/aromatic N) is 2. The fraction of sp³-hybridized carbons (Fsp3) is 0.950. The number of aliphatic hydroxyl groups excluding tert-OH is 3. The van der Waals surface area contributed by atoms with E-state index in [9.17, 15) is 35.4 Å². The van der Waals surface area contributed by atoms with Crippen LogP contribution in [0.3, 0.4) is 0 Å². The first kappa shape index (κ1) is 49.8. The number of cyclic esters (lactones) is 1.